The van der Waals surface area contributed by atoms with Crippen LogP contribution in [0.4, 0.5) is 0 Å². The minimum atomic E-state index is -0.263. The molecule has 1 aliphatic heterocycles. The number of hydrogen-bond donors (Lipinski definition) is 0. The molecule has 2 heteroatoms. The highest BCUT2D eigenvalue weighted by Crippen LogP contribution is 2.22. The highest BCUT2D eigenvalue weighted by atomic mass is 16.7. The van der Waals surface area contributed by atoms with Gasteiger partial charge in [-0.15, -0.1) is 0 Å². The Balaban J connectivity index is 2.60. The van der Waals surface area contributed by atoms with Crippen molar-refractivity contribution in [2.24, 2.45) is 0 Å². The second-order valence-electron chi connectivity index (χ2n) is 2.32. The van der Waals surface area contributed by atoms with Gasteiger partial charge >= 0.3 is 0 Å². The molecule has 1 aliphatic rings. The zero-order valence-electron chi connectivity index (χ0n) is 6.22. The van der Waals surface area contributed by atoms with Crippen LogP contribution in [-0.2, 0) is 9.47 Å². The molecule has 0 spiro atoms. The number of ether oxygens (including phenoxy) is 2. The van der Waals surface area contributed by atoms with Crippen molar-refractivity contribution < 1.29 is 9.47 Å². The Hall–Kier alpha value is -0.600. The highest BCUT2D eigenvalue weighted by Gasteiger charge is 2.19. The first kappa shape index (κ1) is 7.51. The molecule has 0 aromatic heterocycles. The van der Waals surface area contributed by atoms with E-state index in [0.717, 1.165) is 17.6 Å². The molecule has 0 aromatic carbocycles. The van der Waals surface area contributed by atoms with Gasteiger partial charge in [-0.2, -0.15) is 0 Å². The van der Waals surface area contributed by atoms with Crippen molar-refractivity contribution in [3.8, 4) is 0 Å². The van der Waals surface area contributed by atoms with E-state index in [-0.39, 0.29) is 6.29 Å². The molecule has 2 nitrogen and oxygen atoms in total. The number of hydrogen-bond acceptors (Lipinski definition) is 2. The Labute approximate surface area is 61.1 Å². The Morgan fingerprint density at radius 2 is 2.30 bits per heavy atom. The van der Waals surface area contributed by atoms with Crippen molar-refractivity contribution in [2.45, 2.75) is 12.7 Å². The maximum absolute atomic E-state index is 5.23. The van der Waals surface area contributed by atoms with E-state index in [1.54, 1.807) is 7.11 Å². The largest absolute Gasteiger partial charge is 0.352 e. The molecule has 56 valence electrons. The lowest BCUT2D eigenvalue weighted by Gasteiger charge is -2.25. The molecule has 0 bridgehead atoms. The summed E-state index contributed by atoms with van der Waals surface area (Å²) in [7, 11) is 1.61. The van der Waals surface area contributed by atoms with Crippen molar-refractivity contribution in [1.29, 1.82) is 0 Å². The molecule has 0 aliphatic carbocycles. The molecule has 1 atom stereocenters. The fourth-order valence-electron chi connectivity index (χ4n) is 0.927. The summed E-state index contributed by atoms with van der Waals surface area (Å²) in [5, 5.41) is 0. The van der Waals surface area contributed by atoms with Gasteiger partial charge in [-0.05, 0) is 12.0 Å². The predicted octanol–water partition coefficient (Wildman–Crippen LogP) is 1.49. The summed E-state index contributed by atoms with van der Waals surface area (Å²) in [4.78, 5) is 0. The van der Waals surface area contributed by atoms with Gasteiger partial charge in [0, 0.05) is 12.7 Å². The maximum Gasteiger partial charge on any atom is 0.183 e. The SMILES string of the molecule is C=C1CCOC(OC)C1=C. The van der Waals surface area contributed by atoms with Gasteiger partial charge in [0.2, 0.25) is 0 Å². The second-order valence-corrected chi connectivity index (χ2v) is 2.32. The van der Waals surface area contributed by atoms with Gasteiger partial charge in [-0.3, -0.25) is 0 Å². The molecule has 0 aromatic rings. The van der Waals surface area contributed by atoms with Crippen molar-refractivity contribution >= 4 is 0 Å². The molecule has 1 fully saturated rings. The fraction of sp³-hybridized carbons (Fsp3) is 0.500. The minimum Gasteiger partial charge on any atom is -0.352 e. The predicted molar refractivity (Wildman–Crippen MR) is 39.6 cm³/mol. The van der Waals surface area contributed by atoms with Crippen LogP contribution < -0.4 is 0 Å². The zero-order chi connectivity index (χ0) is 7.56. The van der Waals surface area contributed by atoms with E-state index in [0.29, 0.717) is 6.61 Å². The smallest absolute Gasteiger partial charge is 0.183 e. The lowest BCUT2D eigenvalue weighted by Crippen LogP contribution is -2.24. The summed E-state index contributed by atoms with van der Waals surface area (Å²) in [6.45, 7) is 8.32. The summed E-state index contributed by atoms with van der Waals surface area (Å²) in [5.74, 6) is 0. The topological polar surface area (TPSA) is 18.5 Å². The Kier molecular flexibility index (Phi) is 2.25. The van der Waals surface area contributed by atoms with Gasteiger partial charge in [0.25, 0.3) is 0 Å². The first-order chi connectivity index (χ1) is 4.75. The molecule has 10 heavy (non-hydrogen) atoms. The first-order valence-corrected chi connectivity index (χ1v) is 3.27. The van der Waals surface area contributed by atoms with E-state index in [1.165, 1.54) is 0 Å². The molecule has 0 radical (unpaired) electrons. The zero-order valence-corrected chi connectivity index (χ0v) is 6.22. The molecule has 1 heterocycles. The van der Waals surface area contributed by atoms with Crippen molar-refractivity contribution in [1.82, 2.24) is 0 Å². The average molecular weight is 140 g/mol. The molecule has 1 unspecified atom stereocenters. The standard InChI is InChI=1S/C8H12O2/c1-6-4-5-10-8(9-3)7(6)2/h8H,1-2,4-5H2,3H3. The summed E-state index contributed by atoms with van der Waals surface area (Å²) < 4.78 is 10.2. The number of methoxy groups -OCH3 is 1. The van der Waals surface area contributed by atoms with Gasteiger partial charge in [0.1, 0.15) is 0 Å². The van der Waals surface area contributed by atoms with E-state index < -0.39 is 0 Å². The van der Waals surface area contributed by atoms with Crippen LogP contribution in [0.1, 0.15) is 6.42 Å². The van der Waals surface area contributed by atoms with Crippen molar-refractivity contribution in [3.63, 3.8) is 0 Å². The second kappa shape index (κ2) is 2.99. The Bertz CT molecular complexity index is 161. The lowest BCUT2D eigenvalue weighted by atomic mass is 10.0. The van der Waals surface area contributed by atoms with E-state index in [4.69, 9.17) is 9.47 Å². The third kappa shape index (κ3) is 1.28. The third-order valence-electron chi connectivity index (χ3n) is 1.63. The monoisotopic (exact) mass is 140 g/mol. The van der Waals surface area contributed by atoms with Gasteiger partial charge in [0.05, 0.1) is 6.61 Å². The van der Waals surface area contributed by atoms with E-state index in [1.807, 2.05) is 0 Å². The fourth-order valence-corrected chi connectivity index (χ4v) is 0.927. The van der Waals surface area contributed by atoms with Crippen LogP contribution in [0.5, 0.6) is 0 Å². The molecule has 1 saturated heterocycles. The molecule has 1 rings (SSSR count). The maximum atomic E-state index is 5.23. The van der Waals surface area contributed by atoms with Gasteiger partial charge in [-0.1, -0.05) is 13.2 Å². The molecule has 0 amide bonds. The Morgan fingerprint density at radius 3 is 2.80 bits per heavy atom. The lowest BCUT2D eigenvalue weighted by molar-refractivity contribution is -0.104. The summed E-state index contributed by atoms with van der Waals surface area (Å²) in [5.41, 5.74) is 1.91. The van der Waals surface area contributed by atoms with E-state index in [9.17, 15) is 0 Å². The number of rotatable bonds is 1. The van der Waals surface area contributed by atoms with Crippen LogP contribution >= 0.6 is 0 Å². The summed E-state index contributed by atoms with van der Waals surface area (Å²) >= 11 is 0. The normalized spacial score (nSPS) is 27.1. The van der Waals surface area contributed by atoms with Crippen LogP contribution in [-0.4, -0.2) is 20.0 Å². The third-order valence-corrected chi connectivity index (χ3v) is 1.63. The molecule has 0 N–H and O–H groups in total. The van der Waals surface area contributed by atoms with Gasteiger partial charge in [-0.25, -0.2) is 0 Å². The minimum absolute atomic E-state index is 0.263. The van der Waals surface area contributed by atoms with E-state index in [2.05, 4.69) is 13.2 Å². The Morgan fingerprint density at radius 1 is 1.60 bits per heavy atom. The highest BCUT2D eigenvalue weighted by molar-refractivity contribution is 5.28. The van der Waals surface area contributed by atoms with Crippen LogP contribution in [0.15, 0.2) is 24.3 Å². The van der Waals surface area contributed by atoms with Gasteiger partial charge in [0.15, 0.2) is 6.29 Å². The van der Waals surface area contributed by atoms with Crippen molar-refractivity contribution in [2.75, 3.05) is 13.7 Å². The first-order valence-electron chi connectivity index (χ1n) is 3.27. The van der Waals surface area contributed by atoms with Crippen LogP contribution in [0.2, 0.25) is 0 Å². The van der Waals surface area contributed by atoms with Gasteiger partial charge < -0.3 is 9.47 Å². The van der Waals surface area contributed by atoms with Crippen LogP contribution in [0, 0.1) is 0 Å². The quantitative estimate of drug-likeness (QED) is 0.549. The van der Waals surface area contributed by atoms with Crippen LogP contribution in [0.3, 0.4) is 0 Å². The summed E-state index contributed by atoms with van der Waals surface area (Å²) in [6, 6.07) is 0. The average Bonchev–Trinajstić information content (AvgIpc) is 1.95. The van der Waals surface area contributed by atoms with Crippen LogP contribution in [0.25, 0.3) is 0 Å². The summed E-state index contributed by atoms with van der Waals surface area (Å²) in [6.07, 6.45) is 0.611. The van der Waals surface area contributed by atoms with Crippen molar-refractivity contribution in [3.05, 3.63) is 24.3 Å². The van der Waals surface area contributed by atoms with E-state index >= 15 is 0 Å². The molecule has 0 saturated carbocycles. The molecular weight excluding hydrogens is 128 g/mol. The molecular formula is C8H12O2.